The Labute approximate surface area is 112 Å². The zero-order valence-electron chi connectivity index (χ0n) is 10.7. The summed E-state index contributed by atoms with van der Waals surface area (Å²) in [6.07, 6.45) is 0.724. The lowest BCUT2D eigenvalue weighted by molar-refractivity contribution is -0.141. The molecule has 2 heterocycles. The van der Waals surface area contributed by atoms with E-state index in [1.54, 1.807) is 4.90 Å². The largest absolute Gasteiger partial charge is 0.477 e. The third kappa shape index (κ3) is 2.51. The van der Waals surface area contributed by atoms with Crippen LogP contribution in [0.15, 0.2) is 24.3 Å². The fourth-order valence-electron chi connectivity index (χ4n) is 2.61. The molecule has 1 fully saturated rings. The summed E-state index contributed by atoms with van der Waals surface area (Å²) in [5.41, 5.74) is 0.922. The number of ether oxygens (including phenoxy) is 1. The minimum absolute atomic E-state index is 0.0410. The summed E-state index contributed by atoms with van der Waals surface area (Å²) in [6, 6.07) is 7.60. The lowest BCUT2D eigenvalue weighted by Crippen LogP contribution is -2.51. The van der Waals surface area contributed by atoms with E-state index < -0.39 is 12.2 Å². The number of anilines is 1. The second-order valence-corrected chi connectivity index (χ2v) is 5.06. The molecule has 0 spiro atoms. The number of nitrogens with one attached hydrogen (secondary N) is 1. The molecule has 0 aliphatic carbocycles. The number of hydrogen-bond donors (Lipinski definition) is 2. The first-order valence-electron chi connectivity index (χ1n) is 6.70. The zero-order chi connectivity index (χ0) is 13.2. The summed E-state index contributed by atoms with van der Waals surface area (Å²) in [5.74, 6) is 0.672. The summed E-state index contributed by atoms with van der Waals surface area (Å²) in [4.78, 5) is 14.1. The number of rotatable bonds is 1. The van der Waals surface area contributed by atoms with Gasteiger partial charge in [-0.1, -0.05) is 12.1 Å². The second kappa shape index (κ2) is 5.09. The van der Waals surface area contributed by atoms with Gasteiger partial charge < -0.3 is 20.1 Å². The van der Waals surface area contributed by atoms with Crippen molar-refractivity contribution < 1.29 is 14.6 Å². The minimum atomic E-state index is -0.500. The fraction of sp³-hybridized carbons (Fsp3) is 0.500. The van der Waals surface area contributed by atoms with Gasteiger partial charge in [-0.3, -0.25) is 4.79 Å². The molecule has 1 amide bonds. The molecule has 0 saturated carbocycles. The van der Waals surface area contributed by atoms with Crippen LogP contribution in [0.4, 0.5) is 5.69 Å². The van der Waals surface area contributed by atoms with Gasteiger partial charge in [-0.25, -0.2) is 0 Å². The van der Waals surface area contributed by atoms with E-state index in [1.165, 1.54) is 0 Å². The molecule has 102 valence electrons. The summed E-state index contributed by atoms with van der Waals surface area (Å²) >= 11 is 0. The molecule has 19 heavy (non-hydrogen) atoms. The highest BCUT2D eigenvalue weighted by molar-refractivity contribution is 5.83. The summed E-state index contributed by atoms with van der Waals surface area (Å²) in [6.45, 7) is 1.60. The third-order valence-corrected chi connectivity index (χ3v) is 3.62. The van der Waals surface area contributed by atoms with Crippen LogP contribution in [0.1, 0.15) is 12.8 Å². The highest BCUT2D eigenvalue weighted by Crippen LogP contribution is 2.28. The molecule has 2 N–H and O–H groups in total. The number of aliphatic hydroxyl groups excluding tert-OH is 1. The van der Waals surface area contributed by atoms with Crippen molar-refractivity contribution in [1.82, 2.24) is 4.90 Å². The lowest BCUT2D eigenvalue weighted by atomic mass is 10.1. The van der Waals surface area contributed by atoms with Crippen molar-refractivity contribution >= 4 is 11.6 Å². The molecular formula is C14H18N2O3. The number of piperidine rings is 1. The number of carbonyl (C=O) groups excluding carboxylic acids is 1. The van der Waals surface area contributed by atoms with Gasteiger partial charge in [0.25, 0.3) is 5.91 Å². The Morgan fingerprint density at radius 2 is 2.26 bits per heavy atom. The smallest absolute Gasteiger partial charge is 0.265 e. The Morgan fingerprint density at radius 1 is 1.42 bits per heavy atom. The molecule has 5 heteroatoms. The minimum Gasteiger partial charge on any atom is -0.477 e. The van der Waals surface area contributed by atoms with E-state index >= 15 is 0 Å². The van der Waals surface area contributed by atoms with Crippen molar-refractivity contribution in [3.05, 3.63) is 24.3 Å². The molecule has 3 rings (SSSR count). The van der Waals surface area contributed by atoms with E-state index in [1.807, 2.05) is 24.3 Å². The van der Waals surface area contributed by atoms with Crippen LogP contribution in [-0.4, -0.2) is 47.8 Å². The Balaban J connectivity index is 1.69. The molecule has 1 aromatic carbocycles. The van der Waals surface area contributed by atoms with Crippen LogP contribution in [0, 0.1) is 0 Å². The first-order chi connectivity index (χ1) is 9.24. The van der Waals surface area contributed by atoms with Crippen LogP contribution in [0.25, 0.3) is 0 Å². The van der Waals surface area contributed by atoms with Gasteiger partial charge in [0.15, 0.2) is 6.10 Å². The van der Waals surface area contributed by atoms with Gasteiger partial charge in [0.1, 0.15) is 5.75 Å². The third-order valence-electron chi connectivity index (χ3n) is 3.62. The van der Waals surface area contributed by atoms with Gasteiger partial charge >= 0.3 is 0 Å². The maximum Gasteiger partial charge on any atom is 0.265 e. The number of hydrogen-bond acceptors (Lipinski definition) is 4. The van der Waals surface area contributed by atoms with Crippen LogP contribution < -0.4 is 10.1 Å². The predicted molar refractivity (Wildman–Crippen MR) is 71.2 cm³/mol. The summed E-state index contributed by atoms with van der Waals surface area (Å²) in [5, 5.41) is 12.8. The van der Waals surface area contributed by atoms with Crippen molar-refractivity contribution in [3.8, 4) is 5.75 Å². The highest BCUT2D eigenvalue weighted by atomic mass is 16.5. The molecule has 0 bridgehead atoms. The van der Waals surface area contributed by atoms with Gasteiger partial charge in [0.2, 0.25) is 0 Å². The van der Waals surface area contributed by atoms with E-state index in [4.69, 9.17) is 4.74 Å². The number of β-amino-alcohol motifs (C(OH)–C–C–N with tert-alkyl or cyclic N) is 1. The Bertz CT molecular complexity index is 478. The average Bonchev–Trinajstić information content (AvgIpc) is 2.46. The lowest BCUT2D eigenvalue weighted by Gasteiger charge is -2.34. The van der Waals surface area contributed by atoms with Crippen LogP contribution in [0.2, 0.25) is 0 Å². The van der Waals surface area contributed by atoms with Crippen LogP contribution in [-0.2, 0) is 4.79 Å². The Morgan fingerprint density at radius 3 is 3.11 bits per heavy atom. The molecule has 2 atom stereocenters. The van der Waals surface area contributed by atoms with Gasteiger partial charge in [-0.2, -0.15) is 0 Å². The van der Waals surface area contributed by atoms with Gasteiger partial charge in [-0.15, -0.1) is 0 Å². The monoisotopic (exact) mass is 262 g/mol. The summed E-state index contributed by atoms with van der Waals surface area (Å²) in [7, 11) is 0. The SMILES string of the molecule is O=C(C1CNc2ccccc2O1)N1CCC[C@H](O)C1. The van der Waals surface area contributed by atoms with E-state index in [-0.39, 0.29) is 5.91 Å². The molecule has 1 unspecified atom stereocenters. The fourth-order valence-corrected chi connectivity index (χ4v) is 2.61. The maximum absolute atomic E-state index is 12.4. The van der Waals surface area contributed by atoms with Crippen molar-refractivity contribution in [3.63, 3.8) is 0 Å². The number of nitrogens with zero attached hydrogens (tertiary/aromatic N) is 1. The van der Waals surface area contributed by atoms with E-state index in [0.717, 1.165) is 18.5 Å². The first kappa shape index (κ1) is 12.3. The molecule has 1 saturated heterocycles. The van der Waals surface area contributed by atoms with Gasteiger partial charge in [-0.05, 0) is 25.0 Å². The Kier molecular flexibility index (Phi) is 3.29. The number of likely N-dealkylation sites (tertiary alicyclic amines) is 1. The van der Waals surface area contributed by atoms with Crippen LogP contribution in [0.3, 0.4) is 0 Å². The molecule has 1 aromatic rings. The van der Waals surface area contributed by atoms with Crippen molar-refractivity contribution in [1.29, 1.82) is 0 Å². The molecular weight excluding hydrogens is 244 g/mol. The number of fused-ring (bicyclic) bond motifs is 1. The van der Waals surface area contributed by atoms with E-state index in [9.17, 15) is 9.90 Å². The average molecular weight is 262 g/mol. The number of carbonyl (C=O) groups is 1. The van der Waals surface area contributed by atoms with Gasteiger partial charge in [0.05, 0.1) is 18.3 Å². The van der Waals surface area contributed by atoms with Crippen molar-refractivity contribution in [2.75, 3.05) is 25.0 Å². The molecule has 5 nitrogen and oxygen atoms in total. The molecule has 2 aliphatic heterocycles. The molecule has 0 radical (unpaired) electrons. The zero-order valence-corrected chi connectivity index (χ0v) is 10.7. The standard InChI is InChI=1S/C14H18N2O3/c17-10-4-3-7-16(9-10)14(18)13-8-15-11-5-1-2-6-12(11)19-13/h1-2,5-6,10,13,15,17H,3-4,7-9H2/t10-,13?/m0/s1. The molecule has 2 aliphatic rings. The van der Waals surface area contributed by atoms with Gasteiger partial charge in [0, 0.05) is 13.1 Å². The van der Waals surface area contributed by atoms with E-state index in [2.05, 4.69) is 5.32 Å². The van der Waals surface area contributed by atoms with Crippen LogP contribution >= 0.6 is 0 Å². The normalized spacial score (nSPS) is 26.1. The predicted octanol–water partition coefficient (Wildman–Crippen LogP) is 0.843. The first-order valence-corrected chi connectivity index (χ1v) is 6.70. The maximum atomic E-state index is 12.4. The number of aliphatic hydroxyl groups is 1. The van der Waals surface area contributed by atoms with Crippen molar-refractivity contribution in [2.45, 2.75) is 25.0 Å². The number of amides is 1. The number of para-hydroxylation sites is 2. The Hall–Kier alpha value is -1.75. The molecule has 0 aromatic heterocycles. The van der Waals surface area contributed by atoms with E-state index in [0.29, 0.717) is 25.4 Å². The van der Waals surface area contributed by atoms with Crippen molar-refractivity contribution in [2.24, 2.45) is 0 Å². The number of benzene rings is 1. The summed E-state index contributed by atoms with van der Waals surface area (Å²) < 4.78 is 5.75. The second-order valence-electron chi connectivity index (χ2n) is 5.06. The highest BCUT2D eigenvalue weighted by Gasteiger charge is 2.31. The quantitative estimate of drug-likeness (QED) is 0.787. The topological polar surface area (TPSA) is 61.8 Å². The van der Waals surface area contributed by atoms with Crippen LogP contribution in [0.5, 0.6) is 5.75 Å².